The third-order valence-electron chi connectivity index (χ3n) is 3.48. The monoisotopic (exact) mass is 331 g/mol. The molecule has 2 aromatic carbocycles. The Kier molecular flexibility index (Phi) is 5.26. The van der Waals surface area contributed by atoms with E-state index < -0.39 is 5.97 Å². The molecular weight excluding hydrogens is 314 g/mol. The van der Waals surface area contributed by atoms with Gasteiger partial charge in [0, 0.05) is 12.1 Å². The van der Waals surface area contributed by atoms with E-state index in [2.05, 4.69) is 5.32 Å². The summed E-state index contributed by atoms with van der Waals surface area (Å²) >= 11 is 0. The van der Waals surface area contributed by atoms with E-state index in [1.54, 1.807) is 6.07 Å². The van der Waals surface area contributed by atoms with Gasteiger partial charge < -0.3 is 25.7 Å². The van der Waals surface area contributed by atoms with Crippen molar-refractivity contribution < 1.29 is 30.0 Å². The van der Waals surface area contributed by atoms with Gasteiger partial charge in [-0.3, -0.25) is 4.79 Å². The summed E-state index contributed by atoms with van der Waals surface area (Å²) in [6.45, 7) is 0.190. The van der Waals surface area contributed by atoms with Crippen LogP contribution in [-0.2, 0) is 17.6 Å². The number of para-hydroxylation sites is 1. The fourth-order valence-electron chi connectivity index (χ4n) is 2.25. The molecular formula is C17H17NO6. The maximum atomic E-state index is 11.9. The predicted molar refractivity (Wildman–Crippen MR) is 85.3 cm³/mol. The molecule has 0 aliphatic heterocycles. The molecule has 2 aromatic rings. The summed E-state index contributed by atoms with van der Waals surface area (Å²) in [5.41, 5.74) is 0.516. The van der Waals surface area contributed by atoms with Gasteiger partial charge in [-0.2, -0.15) is 0 Å². The third-order valence-corrected chi connectivity index (χ3v) is 3.48. The Hall–Kier alpha value is -3.22. The summed E-state index contributed by atoms with van der Waals surface area (Å²) in [5.74, 6) is -2.05. The number of carboxylic acids is 1. The quantitative estimate of drug-likeness (QED) is 0.509. The molecule has 7 heteroatoms. The second-order valence-electron chi connectivity index (χ2n) is 5.21. The van der Waals surface area contributed by atoms with E-state index in [1.165, 1.54) is 30.3 Å². The molecule has 0 aliphatic carbocycles. The number of carboxylic acid groups (broad SMARTS) is 1. The smallest absolute Gasteiger partial charge is 0.339 e. The topological polar surface area (TPSA) is 127 Å². The molecule has 0 bridgehead atoms. The van der Waals surface area contributed by atoms with Crippen LogP contribution < -0.4 is 5.32 Å². The minimum absolute atomic E-state index is 0.0500. The molecule has 0 saturated carbocycles. The molecule has 5 N–H and O–H groups in total. The lowest BCUT2D eigenvalue weighted by Crippen LogP contribution is -2.27. The first-order valence-electron chi connectivity index (χ1n) is 7.20. The van der Waals surface area contributed by atoms with Crippen molar-refractivity contribution in [1.82, 2.24) is 5.32 Å². The van der Waals surface area contributed by atoms with Crippen LogP contribution in [0.4, 0.5) is 0 Å². The zero-order chi connectivity index (χ0) is 17.7. The first kappa shape index (κ1) is 17.1. The average Bonchev–Trinajstić information content (AvgIpc) is 2.52. The van der Waals surface area contributed by atoms with Crippen LogP contribution in [-0.4, -0.2) is 38.8 Å². The van der Waals surface area contributed by atoms with E-state index in [0.717, 1.165) is 0 Å². The summed E-state index contributed by atoms with van der Waals surface area (Å²) in [7, 11) is 0. The number of nitrogens with one attached hydrogen (secondary N) is 1. The maximum absolute atomic E-state index is 11.9. The van der Waals surface area contributed by atoms with Gasteiger partial charge in [0.2, 0.25) is 5.91 Å². The second kappa shape index (κ2) is 7.36. The SMILES string of the molecule is O=C(Cc1cc(O)ccc1O)NCCc1cccc(C(=O)O)c1O. The van der Waals surface area contributed by atoms with Gasteiger partial charge in [-0.05, 0) is 36.2 Å². The van der Waals surface area contributed by atoms with Crippen LogP contribution in [0.1, 0.15) is 21.5 Å². The highest BCUT2D eigenvalue weighted by Gasteiger charge is 2.13. The summed E-state index contributed by atoms with van der Waals surface area (Å²) in [6.07, 6.45) is 0.145. The average molecular weight is 331 g/mol. The van der Waals surface area contributed by atoms with Crippen LogP contribution in [0, 0.1) is 0 Å². The van der Waals surface area contributed by atoms with E-state index in [-0.39, 0.29) is 48.1 Å². The molecule has 0 unspecified atom stereocenters. The lowest BCUT2D eigenvalue weighted by atomic mass is 10.1. The molecule has 1 amide bonds. The molecule has 126 valence electrons. The Morgan fingerprint density at radius 2 is 1.75 bits per heavy atom. The van der Waals surface area contributed by atoms with E-state index in [9.17, 15) is 24.9 Å². The van der Waals surface area contributed by atoms with Gasteiger partial charge in [0.25, 0.3) is 0 Å². The number of phenols is 3. The highest BCUT2D eigenvalue weighted by atomic mass is 16.4. The van der Waals surface area contributed by atoms with Crippen molar-refractivity contribution >= 4 is 11.9 Å². The molecule has 0 aromatic heterocycles. The number of aromatic carboxylic acids is 1. The van der Waals surface area contributed by atoms with Crippen LogP contribution in [0.25, 0.3) is 0 Å². The Labute approximate surface area is 137 Å². The highest BCUT2D eigenvalue weighted by molar-refractivity contribution is 5.91. The molecule has 0 fully saturated rings. The Morgan fingerprint density at radius 1 is 1.00 bits per heavy atom. The lowest BCUT2D eigenvalue weighted by molar-refractivity contribution is -0.120. The molecule has 0 aliphatic rings. The Bertz CT molecular complexity index is 772. The zero-order valence-electron chi connectivity index (χ0n) is 12.7. The second-order valence-corrected chi connectivity index (χ2v) is 5.21. The number of carbonyl (C=O) groups is 2. The number of hydrogen-bond acceptors (Lipinski definition) is 5. The van der Waals surface area contributed by atoms with Crippen LogP contribution in [0.15, 0.2) is 36.4 Å². The summed E-state index contributed by atoms with van der Waals surface area (Å²) < 4.78 is 0. The molecule has 0 saturated heterocycles. The van der Waals surface area contributed by atoms with Crippen molar-refractivity contribution in [3.63, 3.8) is 0 Å². The minimum atomic E-state index is -1.22. The molecule has 7 nitrogen and oxygen atoms in total. The zero-order valence-corrected chi connectivity index (χ0v) is 12.7. The van der Waals surface area contributed by atoms with Crippen LogP contribution in [0.5, 0.6) is 17.2 Å². The van der Waals surface area contributed by atoms with Gasteiger partial charge in [-0.25, -0.2) is 4.79 Å². The highest BCUT2D eigenvalue weighted by Crippen LogP contribution is 2.23. The van der Waals surface area contributed by atoms with E-state index in [4.69, 9.17) is 5.11 Å². The normalized spacial score (nSPS) is 10.3. The first-order chi connectivity index (χ1) is 11.4. The van der Waals surface area contributed by atoms with E-state index in [1.807, 2.05) is 0 Å². The van der Waals surface area contributed by atoms with E-state index >= 15 is 0 Å². The van der Waals surface area contributed by atoms with Crippen molar-refractivity contribution in [2.45, 2.75) is 12.8 Å². The molecule has 0 heterocycles. The number of aromatic hydroxyl groups is 3. The van der Waals surface area contributed by atoms with Crippen molar-refractivity contribution in [3.8, 4) is 17.2 Å². The lowest BCUT2D eigenvalue weighted by Gasteiger charge is -2.09. The third kappa shape index (κ3) is 4.16. The Morgan fingerprint density at radius 3 is 2.46 bits per heavy atom. The number of hydrogen-bond donors (Lipinski definition) is 5. The summed E-state index contributed by atoms with van der Waals surface area (Å²) in [4.78, 5) is 22.8. The molecule has 24 heavy (non-hydrogen) atoms. The van der Waals surface area contributed by atoms with Crippen molar-refractivity contribution in [2.75, 3.05) is 6.54 Å². The van der Waals surface area contributed by atoms with Crippen LogP contribution in [0.3, 0.4) is 0 Å². The molecule has 0 atom stereocenters. The van der Waals surface area contributed by atoms with Gasteiger partial charge in [-0.1, -0.05) is 12.1 Å². The van der Waals surface area contributed by atoms with E-state index in [0.29, 0.717) is 11.1 Å². The van der Waals surface area contributed by atoms with Gasteiger partial charge >= 0.3 is 5.97 Å². The fourth-order valence-corrected chi connectivity index (χ4v) is 2.25. The molecule has 0 spiro atoms. The van der Waals surface area contributed by atoms with Gasteiger partial charge in [-0.15, -0.1) is 0 Å². The standard InChI is InChI=1S/C17H17NO6/c19-12-4-5-14(20)11(8-12)9-15(21)18-7-6-10-2-1-3-13(16(10)22)17(23)24/h1-5,8,19-20,22H,6-7,9H2,(H,18,21)(H,23,24). The molecule has 2 rings (SSSR count). The minimum Gasteiger partial charge on any atom is -0.508 e. The van der Waals surface area contributed by atoms with Crippen molar-refractivity contribution in [2.24, 2.45) is 0 Å². The fraction of sp³-hybridized carbons (Fsp3) is 0.176. The number of amides is 1. The maximum Gasteiger partial charge on any atom is 0.339 e. The number of phenolic OH excluding ortho intramolecular Hbond substituents is 2. The Balaban J connectivity index is 1.92. The van der Waals surface area contributed by atoms with Gasteiger partial charge in [0.05, 0.1) is 6.42 Å². The number of rotatable bonds is 6. The summed E-state index contributed by atoms with van der Waals surface area (Å²) in [6, 6.07) is 8.31. The van der Waals surface area contributed by atoms with Crippen LogP contribution >= 0.6 is 0 Å². The predicted octanol–water partition coefficient (Wildman–Crippen LogP) is 1.40. The van der Waals surface area contributed by atoms with Gasteiger partial charge in [0.15, 0.2) is 0 Å². The van der Waals surface area contributed by atoms with Gasteiger partial charge in [0.1, 0.15) is 22.8 Å². The number of carbonyl (C=O) groups excluding carboxylic acids is 1. The van der Waals surface area contributed by atoms with Crippen LogP contribution in [0.2, 0.25) is 0 Å². The number of benzene rings is 2. The van der Waals surface area contributed by atoms with Crippen molar-refractivity contribution in [3.05, 3.63) is 53.1 Å². The summed E-state index contributed by atoms with van der Waals surface area (Å²) in [5, 5.41) is 40.4. The van der Waals surface area contributed by atoms with Crippen molar-refractivity contribution in [1.29, 1.82) is 0 Å². The molecule has 0 radical (unpaired) electrons. The first-order valence-corrected chi connectivity index (χ1v) is 7.20. The largest absolute Gasteiger partial charge is 0.508 e.